The van der Waals surface area contributed by atoms with E-state index in [0.29, 0.717) is 22.9 Å². The van der Waals surface area contributed by atoms with Gasteiger partial charge >= 0.3 is 0 Å². The van der Waals surface area contributed by atoms with Gasteiger partial charge in [-0.2, -0.15) is 5.10 Å². The summed E-state index contributed by atoms with van der Waals surface area (Å²) in [5, 5.41) is 9.63. The molecule has 0 unspecified atom stereocenters. The van der Waals surface area contributed by atoms with Gasteiger partial charge in [-0.15, -0.1) is 0 Å². The summed E-state index contributed by atoms with van der Waals surface area (Å²) >= 11 is 0. The van der Waals surface area contributed by atoms with E-state index >= 15 is 0 Å². The van der Waals surface area contributed by atoms with Crippen LogP contribution in [-0.2, 0) is 0 Å². The maximum absolute atomic E-state index is 13.4. The highest BCUT2D eigenvalue weighted by molar-refractivity contribution is 6.04. The molecule has 2 N–H and O–H groups in total. The molecule has 0 saturated carbocycles. The van der Waals surface area contributed by atoms with Crippen molar-refractivity contribution in [2.45, 2.75) is 6.92 Å². The van der Waals surface area contributed by atoms with Gasteiger partial charge in [-0.3, -0.25) is 9.89 Å². The van der Waals surface area contributed by atoms with Crippen molar-refractivity contribution in [3.05, 3.63) is 59.7 Å². The van der Waals surface area contributed by atoms with Crippen LogP contribution in [-0.4, -0.2) is 28.2 Å². The number of aromatic amines is 1. The van der Waals surface area contributed by atoms with Gasteiger partial charge in [0.1, 0.15) is 5.82 Å². The summed E-state index contributed by atoms with van der Waals surface area (Å²) in [4.78, 5) is 16.6. The first-order valence-electron chi connectivity index (χ1n) is 7.21. The summed E-state index contributed by atoms with van der Waals surface area (Å²) in [5.41, 5.74) is 1.66. The Morgan fingerprint density at radius 1 is 1.25 bits per heavy atom. The van der Waals surface area contributed by atoms with E-state index in [9.17, 15) is 9.18 Å². The Morgan fingerprint density at radius 3 is 2.79 bits per heavy atom. The van der Waals surface area contributed by atoms with E-state index in [1.807, 2.05) is 13.0 Å². The van der Waals surface area contributed by atoms with Crippen molar-refractivity contribution >= 4 is 11.6 Å². The van der Waals surface area contributed by atoms with E-state index in [-0.39, 0.29) is 11.7 Å². The second kappa shape index (κ2) is 6.49. The van der Waals surface area contributed by atoms with Crippen LogP contribution in [0.5, 0.6) is 5.75 Å². The lowest BCUT2D eigenvalue weighted by Crippen LogP contribution is -2.12. The van der Waals surface area contributed by atoms with Crippen LogP contribution in [0.2, 0.25) is 0 Å². The predicted octanol–water partition coefficient (Wildman–Crippen LogP) is 3.18. The average Bonchev–Trinajstić information content (AvgIpc) is 3.02. The summed E-state index contributed by atoms with van der Waals surface area (Å²) in [6.07, 6.45) is 0. The third-order valence-corrected chi connectivity index (χ3v) is 3.39. The lowest BCUT2D eigenvalue weighted by atomic mass is 10.1. The summed E-state index contributed by atoms with van der Waals surface area (Å²) in [7, 11) is 1.35. The van der Waals surface area contributed by atoms with Crippen molar-refractivity contribution in [1.82, 2.24) is 15.2 Å². The minimum absolute atomic E-state index is 0.0209. The van der Waals surface area contributed by atoms with E-state index in [0.717, 1.165) is 5.56 Å². The number of aryl methyl sites for hydroxylation is 1. The normalized spacial score (nSPS) is 10.5. The van der Waals surface area contributed by atoms with Crippen LogP contribution in [0.15, 0.2) is 42.5 Å². The van der Waals surface area contributed by atoms with Gasteiger partial charge in [-0.1, -0.05) is 12.1 Å². The number of amides is 1. The molecule has 24 heavy (non-hydrogen) atoms. The van der Waals surface area contributed by atoms with E-state index in [4.69, 9.17) is 4.74 Å². The minimum Gasteiger partial charge on any atom is -0.494 e. The number of nitrogens with one attached hydrogen (secondary N) is 2. The third-order valence-electron chi connectivity index (χ3n) is 3.39. The first-order chi connectivity index (χ1) is 11.6. The smallest absolute Gasteiger partial charge is 0.255 e. The maximum atomic E-state index is 13.4. The quantitative estimate of drug-likeness (QED) is 0.772. The van der Waals surface area contributed by atoms with Gasteiger partial charge in [0.2, 0.25) is 0 Å². The number of carbonyl (C=O) groups excluding carboxylic acids is 1. The molecule has 7 heteroatoms. The molecule has 1 aromatic heterocycles. The highest BCUT2D eigenvalue weighted by atomic mass is 19.1. The fourth-order valence-electron chi connectivity index (χ4n) is 2.21. The van der Waals surface area contributed by atoms with Crippen molar-refractivity contribution in [2.24, 2.45) is 0 Å². The first-order valence-corrected chi connectivity index (χ1v) is 7.21. The molecule has 0 saturated heterocycles. The van der Waals surface area contributed by atoms with Gasteiger partial charge in [-0.25, -0.2) is 9.37 Å². The molecule has 1 heterocycles. The molecule has 3 aromatic rings. The van der Waals surface area contributed by atoms with Gasteiger partial charge in [-0.05, 0) is 37.3 Å². The van der Waals surface area contributed by atoms with Gasteiger partial charge in [0, 0.05) is 16.8 Å². The number of H-pyrrole nitrogens is 1. The number of hydrogen-bond donors (Lipinski definition) is 2. The van der Waals surface area contributed by atoms with E-state index in [1.54, 1.807) is 18.2 Å². The standard InChI is InChI=1S/C17H15FN4O2/c1-10-19-16(22-21-10)11-4-3-5-13(8-11)20-17(23)12-6-7-14(18)15(9-12)24-2/h3-9H,1-2H3,(H,20,23)(H,19,21,22). The Bertz CT molecular complexity index is 892. The zero-order chi connectivity index (χ0) is 17.1. The number of ether oxygens (including phenoxy) is 1. The van der Waals surface area contributed by atoms with Crippen molar-refractivity contribution in [3.63, 3.8) is 0 Å². The van der Waals surface area contributed by atoms with Crippen LogP contribution in [0.3, 0.4) is 0 Å². The average molecular weight is 326 g/mol. The van der Waals surface area contributed by atoms with Gasteiger partial charge in [0.15, 0.2) is 17.4 Å². The van der Waals surface area contributed by atoms with E-state index < -0.39 is 5.82 Å². The van der Waals surface area contributed by atoms with Gasteiger partial charge in [0.05, 0.1) is 7.11 Å². The van der Waals surface area contributed by atoms with Crippen LogP contribution in [0, 0.1) is 12.7 Å². The number of methoxy groups -OCH3 is 1. The SMILES string of the molecule is COc1cc(C(=O)Nc2cccc(-c3n[nH]c(C)n3)c2)ccc1F. The molecule has 0 atom stereocenters. The third kappa shape index (κ3) is 3.24. The van der Waals surface area contributed by atoms with Crippen molar-refractivity contribution in [2.75, 3.05) is 12.4 Å². The Kier molecular flexibility index (Phi) is 4.24. The molecule has 0 fully saturated rings. The molecule has 122 valence electrons. The monoisotopic (exact) mass is 326 g/mol. The highest BCUT2D eigenvalue weighted by Crippen LogP contribution is 2.22. The molecular weight excluding hydrogens is 311 g/mol. The zero-order valence-electron chi connectivity index (χ0n) is 13.1. The number of hydrogen-bond acceptors (Lipinski definition) is 4. The number of carbonyl (C=O) groups is 1. The second-order valence-electron chi connectivity index (χ2n) is 5.13. The molecular formula is C17H15FN4O2. The first kappa shape index (κ1) is 15.7. The van der Waals surface area contributed by atoms with Crippen LogP contribution < -0.4 is 10.1 Å². The maximum Gasteiger partial charge on any atom is 0.255 e. The molecule has 0 aliphatic heterocycles. The zero-order valence-corrected chi connectivity index (χ0v) is 13.1. The summed E-state index contributed by atoms with van der Waals surface area (Å²) in [6.45, 7) is 1.81. The van der Waals surface area contributed by atoms with Crippen LogP contribution in [0.4, 0.5) is 10.1 Å². The van der Waals surface area contributed by atoms with Crippen LogP contribution in [0.1, 0.15) is 16.2 Å². The lowest BCUT2D eigenvalue weighted by molar-refractivity contribution is 0.102. The number of aromatic nitrogens is 3. The van der Waals surface area contributed by atoms with Crippen molar-refractivity contribution in [1.29, 1.82) is 0 Å². The fourth-order valence-corrected chi connectivity index (χ4v) is 2.21. The van der Waals surface area contributed by atoms with Gasteiger partial charge in [0.25, 0.3) is 5.91 Å². The lowest BCUT2D eigenvalue weighted by Gasteiger charge is -2.08. The number of anilines is 1. The Hall–Kier alpha value is -3.22. The Balaban J connectivity index is 1.82. The Labute approximate surface area is 137 Å². The van der Waals surface area contributed by atoms with Gasteiger partial charge < -0.3 is 10.1 Å². The molecule has 1 amide bonds. The molecule has 3 rings (SSSR count). The van der Waals surface area contributed by atoms with Crippen LogP contribution in [0.25, 0.3) is 11.4 Å². The van der Waals surface area contributed by atoms with E-state index in [2.05, 4.69) is 20.5 Å². The molecule has 0 aliphatic rings. The molecule has 6 nitrogen and oxygen atoms in total. The highest BCUT2D eigenvalue weighted by Gasteiger charge is 2.11. The summed E-state index contributed by atoms with van der Waals surface area (Å²) in [6, 6.07) is 11.1. The number of halogens is 1. The predicted molar refractivity (Wildman–Crippen MR) is 87.5 cm³/mol. The minimum atomic E-state index is -0.518. The molecule has 0 radical (unpaired) electrons. The number of benzene rings is 2. The molecule has 0 aliphatic carbocycles. The summed E-state index contributed by atoms with van der Waals surface area (Å²) < 4.78 is 18.3. The molecule has 0 bridgehead atoms. The topological polar surface area (TPSA) is 79.9 Å². The summed E-state index contributed by atoms with van der Waals surface area (Å²) in [5.74, 6) is 0.394. The van der Waals surface area contributed by atoms with E-state index in [1.165, 1.54) is 25.3 Å². The number of nitrogens with zero attached hydrogens (tertiary/aromatic N) is 2. The number of rotatable bonds is 4. The molecule has 2 aromatic carbocycles. The molecule has 0 spiro atoms. The van der Waals surface area contributed by atoms with Crippen molar-refractivity contribution in [3.8, 4) is 17.1 Å². The Morgan fingerprint density at radius 2 is 2.08 bits per heavy atom. The second-order valence-corrected chi connectivity index (χ2v) is 5.13. The van der Waals surface area contributed by atoms with Crippen LogP contribution >= 0.6 is 0 Å². The fraction of sp³-hybridized carbons (Fsp3) is 0.118. The van der Waals surface area contributed by atoms with Crippen molar-refractivity contribution < 1.29 is 13.9 Å². The largest absolute Gasteiger partial charge is 0.494 e.